The van der Waals surface area contributed by atoms with Gasteiger partial charge >= 0.3 is 0 Å². The molecular formula is C13H14BrFN2O2. The van der Waals surface area contributed by atoms with E-state index in [1.165, 1.54) is 12.1 Å². The SMILES string of the molecule is CC(NC(=O)c1ccc(Br)cc1F)C(=O)NC1CC1. The number of carbonyl (C=O) groups is 2. The fourth-order valence-corrected chi connectivity index (χ4v) is 1.90. The van der Waals surface area contributed by atoms with Crippen molar-refractivity contribution in [2.75, 3.05) is 0 Å². The van der Waals surface area contributed by atoms with Gasteiger partial charge in [0.1, 0.15) is 11.9 Å². The van der Waals surface area contributed by atoms with E-state index in [9.17, 15) is 14.0 Å². The second-order valence-corrected chi connectivity index (χ2v) is 5.52. The van der Waals surface area contributed by atoms with Crippen LogP contribution < -0.4 is 10.6 Å². The van der Waals surface area contributed by atoms with Crippen molar-refractivity contribution in [2.24, 2.45) is 0 Å². The lowest BCUT2D eigenvalue weighted by atomic mass is 10.2. The predicted octanol–water partition coefficient (Wildman–Crippen LogP) is 1.99. The maximum atomic E-state index is 13.6. The molecule has 1 unspecified atom stereocenters. The summed E-state index contributed by atoms with van der Waals surface area (Å²) in [6.07, 6.45) is 1.96. The number of nitrogens with one attached hydrogen (secondary N) is 2. The predicted molar refractivity (Wildman–Crippen MR) is 72.2 cm³/mol. The van der Waals surface area contributed by atoms with Gasteiger partial charge in [-0.15, -0.1) is 0 Å². The minimum absolute atomic E-state index is 0.0747. The molecular weight excluding hydrogens is 315 g/mol. The number of benzene rings is 1. The van der Waals surface area contributed by atoms with Gasteiger partial charge in [-0.05, 0) is 38.0 Å². The number of rotatable bonds is 4. The molecule has 6 heteroatoms. The van der Waals surface area contributed by atoms with Gasteiger partial charge < -0.3 is 10.6 Å². The third-order valence-electron chi connectivity index (χ3n) is 2.84. The molecule has 1 fully saturated rings. The monoisotopic (exact) mass is 328 g/mol. The van der Waals surface area contributed by atoms with Crippen LogP contribution in [0.15, 0.2) is 22.7 Å². The van der Waals surface area contributed by atoms with Crippen molar-refractivity contribution < 1.29 is 14.0 Å². The Kier molecular flexibility index (Phi) is 4.19. The Balaban J connectivity index is 1.97. The molecule has 1 aromatic carbocycles. The number of halogens is 2. The van der Waals surface area contributed by atoms with E-state index < -0.39 is 17.8 Å². The Morgan fingerprint density at radius 2 is 2.11 bits per heavy atom. The molecule has 4 nitrogen and oxygen atoms in total. The van der Waals surface area contributed by atoms with Gasteiger partial charge in [-0.2, -0.15) is 0 Å². The van der Waals surface area contributed by atoms with Crippen LogP contribution in [0.2, 0.25) is 0 Å². The van der Waals surface area contributed by atoms with Gasteiger partial charge in [0.05, 0.1) is 5.56 Å². The van der Waals surface area contributed by atoms with Crippen LogP contribution in [-0.2, 0) is 4.79 Å². The second kappa shape index (κ2) is 5.69. The molecule has 1 atom stereocenters. The standard InChI is InChI=1S/C13H14BrFN2O2/c1-7(12(18)17-9-3-4-9)16-13(19)10-5-2-8(14)6-11(10)15/h2,5-7,9H,3-4H2,1H3,(H,16,19)(H,17,18). The smallest absolute Gasteiger partial charge is 0.254 e. The lowest BCUT2D eigenvalue weighted by molar-refractivity contribution is -0.122. The minimum Gasteiger partial charge on any atom is -0.352 e. The highest BCUT2D eigenvalue weighted by atomic mass is 79.9. The largest absolute Gasteiger partial charge is 0.352 e. The molecule has 0 heterocycles. The molecule has 19 heavy (non-hydrogen) atoms. The van der Waals surface area contributed by atoms with Crippen LogP contribution in [0.25, 0.3) is 0 Å². The Morgan fingerprint density at radius 1 is 1.42 bits per heavy atom. The van der Waals surface area contributed by atoms with Gasteiger partial charge in [0, 0.05) is 10.5 Å². The highest BCUT2D eigenvalue weighted by Gasteiger charge is 2.26. The van der Waals surface area contributed by atoms with Gasteiger partial charge in [0.25, 0.3) is 5.91 Å². The highest BCUT2D eigenvalue weighted by Crippen LogP contribution is 2.18. The number of carbonyl (C=O) groups excluding carboxylic acids is 2. The van der Waals surface area contributed by atoms with Gasteiger partial charge in [0.15, 0.2) is 0 Å². The molecule has 0 bridgehead atoms. The summed E-state index contributed by atoms with van der Waals surface area (Å²) < 4.78 is 14.1. The summed E-state index contributed by atoms with van der Waals surface area (Å²) in [5.74, 6) is -1.46. The van der Waals surface area contributed by atoms with Gasteiger partial charge in [-0.3, -0.25) is 9.59 Å². The molecule has 1 aliphatic carbocycles. The van der Waals surface area contributed by atoms with E-state index in [2.05, 4.69) is 26.6 Å². The molecule has 2 rings (SSSR count). The van der Waals surface area contributed by atoms with Gasteiger partial charge in [-0.25, -0.2) is 4.39 Å². The zero-order chi connectivity index (χ0) is 14.0. The van der Waals surface area contributed by atoms with Crippen LogP contribution in [0, 0.1) is 5.82 Å². The summed E-state index contributed by atoms with van der Waals surface area (Å²) in [7, 11) is 0. The highest BCUT2D eigenvalue weighted by molar-refractivity contribution is 9.10. The molecule has 0 spiro atoms. The topological polar surface area (TPSA) is 58.2 Å². The van der Waals surface area contributed by atoms with Gasteiger partial charge in [0.2, 0.25) is 5.91 Å². The average molecular weight is 329 g/mol. The normalized spacial score (nSPS) is 15.7. The van der Waals surface area contributed by atoms with Crippen molar-refractivity contribution in [3.05, 3.63) is 34.1 Å². The Hall–Kier alpha value is -1.43. The van der Waals surface area contributed by atoms with E-state index in [-0.39, 0.29) is 17.5 Å². The van der Waals surface area contributed by atoms with Crippen LogP contribution in [0.3, 0.4) is 0 Å². The maximum absolute atomic E-state index is 13.6. The van der Waals surface area contributed by atoms with E-state index in [4.69, 9.17) is 0 Å². The number of hydrogen-bond acceptors (Lipinski definition) is 2. The Morgan fingerprint density at radius 3 is 2.68 bits per heavy atom. The number of amides is 2. The van der Waals surface area contributed by atoms with Crippen molar-refractivity contribution in [1.29, 1.82) is 0 Å². The molecule has 0 aromatic heterocycles. The van der Waals surface area contributed by atoms with Crippen LogP contribution in [-0.4, -0.2) is 23.9 Å². The maximum Gasteiger partial charge on any atom is 0.254 e. The summed E-state index contributed by atoms with van der Waals surface area (Å²) >= 11 is 3.12. The second-order valence-electron chi connectivity index (χ2n) is 4.60. The summed E-state index contributed by atoms with van der Waals surface area (Å²) in [5, 5.41) is 5.26. The zero-order valence-electron chi connectivity index (χ0n) is 10.4. The van der Waals surface area contributed by atoms with Crippen LogP contribution >= 0.6 is 15.9 Å². The average Bonchev–Trinajstić information content (AvgIpc) is 3.12. The Bertz CT molecular complexity index is 517. The molecule has 2 N–H and O–H groups in total. The quantitative estimate of drug-likeness (QED) is 0.888. The van der Waals surface area contributed by atoms with E-state index in [1.54, 1.807) is 13.0 Å². The first-order chi connectivity index (χ1) is 8.97. The third-order valence-corrected chi connectivity index (χ3v) is 3.33. The van der Waals surface area contributed by atoms with E-state index >= 15 is 0 Å². The summed E-state index contributed by atoms with van der Waals surface area (Å²) in [6.45, 7) is 1.58. The lowest BCUT2D eigenvalue weighted by Crippen LogP contribution is -2.45. The third kappa shape index (κ3) is 3.76. The van der Waals surface area contributed by atoms with Gasteiger partial charge in [-0.1, -0.05) is 15.9 Å². The molecule has 1 aliphatic rings. The fraction of sp³-hybridized carbons (Fsp3) is 0.385. The Labute approximate surface area is 118 Å². The first-order valence-corrected chi connectivity index (χ1v) is 6.83. The van der Waals surface area contributed by atoms with Crippen LogP contribution in [0.4, 0.5) is 4.39 Å². The van der Waals surface area contributed by atoms with Crippen molar-refractivity contribution in [3.63, 3.8) is 0 Å². The molecule has 0 aliphatic heterocycles. The zero-order valence-corrected chi connectivity index (χ0v) is 12.0. The summed E-state index contributed by atoms with van der Waals surface area (Å²) in [4.78, 5) is 23.5. The number of hydrogen-bond donors (Lipinski definition) is 2. The van der Waals surface area contributed by atoms with Crippen molar-refractivity contribution in [3.8, 4) is 0 Å². The van der Waals surface area contributed by atoms with Crippen molar-refractivity contribution in [1.82, 2.24) is 10.6 Å². The molecule has 2 amide bonds. The van der Waals surface area contributed by atoms with Crippen LogP contribution in [0.5, 0.6) is 0 Å². The first-order valence-electron chi connectivity index (χ1n) is 6.03. The lowest BCUT2D eigenvalue weighted by Gasteiger charge is -2.14. The molecule has 102 valence electrons. The summed E-state index contributed by atoms with van der Waals surface area (Å²) in [5.41, 5.74) is -0.0747. The molecule has 1 saturated carbocycles. The molecule has 0 radical (unpaired) electrons. The molecule has 0 saturated heterocycles. The van der Waals surface area contributed by atoms with Crippen molar-refractivity contribution in [2.45, 2.75) is 31.8 Å². The van der Waals surface area contributed by atoms with E-state index in [0.29, 0.717) is 4.47 Å². The molecule has 1 aromatic rings. The summed E-state index contributed by atoms with van der Waals surface area (Å²) in [6, 6.07) is 3.71. The van der Waals surface area contributed by atoms with E-state index in [1.807, 2.05) is 0 Å². The van der Waals surface area contributed by atoms with E-state index in [0.717, 1.165) is 12.8 Å². The van der Waals surface area contributed by atoms with Crippen LogP contribution in [0.1, 0.15) is 30.1 Å². The minimum atomic E-state index is -0.684. The van der Waals surface area contributed by atoms with Crippen molar-refractivity contribution >= 4 is 27.7 Å². The fourth-order valence-electron chi connectivity index (χ4n) is 1.57. The first kappa shape index (κ1) is 14.0.